The Morgan fingerprint density at radius 1 is 1.37 bits per heavy atom. The maximum Gasteiger partial charge on any atom is 0.248 e. The number of carbonyl (C=O) groups excluding carboxylic acids is 2. The van der Waals surface area contributed by atoms with Gasteiger partial charge in [-0.1, -0.05) is 0 Å². The van der Waals surface area contributed by atoms with Crippen LogP contribution in [0.15, 0.2) is 0 Å². The van der Waals surface area contributed by atoms with Crippen molar-refractivity contribution >= 4 is 11.8 Å². The number of carbonyl (C=O) groups is 2. The highest BCUT2D eigenvalue weighted by Gasteiger charge is 2.52. The zero-order chi connectivity index (χ0) is 13.5. The maximum absolute atomic E-state index is 12.6. The average molecular weight is 266 g/mol. The lowest BCUT2D eigenvalue weighted by Crippen LogP contribution is -2.67. The summed E-state index contributed by atoms with van der Waals surface area (Å²) >= 11 is 0. The molecule has 0 aromatic carbocycles. The second-order valence-corrected chi connectivity index (χ2v) is 6.29. The number of hydrogen-bond donors (Lipinski definition) is 1. The van der Waals surface area contributed by atoms with Gasteiger partial charge in [0.25, 0.3) is 0 Å². The van der Waals surface area contributed by atoms with Gasteiger partial charge in [-0.2, -0.15) is 0 Å². The molecule has 2 unspecified atom stereocenters. The summed E-state index contributed by atoms with van der Waals surface area (Å²) in [5.74, 6) is 0.785. The van der Waals surface area contributed by atoms with E-state index in [2.05, 4.69) is 5.32 Å². The number of hydrogen-bond acceptors (Lipinski definition) is 3. The second kappa shape index (κ2) is 4.78. The van der Waals surface area contributed by atoms with Gasteiger partial charge in [0.1, 0.15) is 5.54 Å². The molecule has 106 valence electrons. The van der Waals surface area contributed by atoms with Crippen LogP contribution in [-0.2, 0) is 14.3 Å². The number of amides is 2. The molecule has 2 amide bonds. The molecule has 0 bridgehead atoms. The highest BCUT2D eigenvalue weighted by atomic mass is 16.5. The Bertz CT molecular complexity index is 388. The van der Waals surface area contributed by atoms with Gasteiger partial charge in [-0.25, -0.2) is 0 Å². The highest BCUT2D eigenvalue weighted by Crippen LogP contribution is 2.41. The maximum atomic E-state index is 12.6. The van der Waals surface area contributed by atoms with Crippen LogP contribution < -0.4 is 5.32 Å². The van der Waals surface area contributed by atoms with Crippen LogP contribution in [0.5, 0.6) is 0 Å². The minimum Gasteiger partial charge on any atom is -0.381 e. The van der Waals surface area contributed by atoms with E-state index in [1.807, 2.05) is 6.92 Å². The van der Waals surface area contributed by atoms with E-state index in [0.717, 1.165) is 32.3 Å². The summed E-state index contributed by atoms with van der Waals surface area (Å²) in [5, 5.41) is 2.91. The largest absolute Gasteiger partial charge is 0.381 e. The van der Waals surface area contributed by atoms with Crippen LogP contribution >= 0.6 is 0 Å². The standard InChI is InChI=1S/C14H22N2O3/c1-14(11-4-5-11)13(18)16(8-12(17)15-14)7-10-3-2-6-19-9-10/h10-11H,2-9H2,1H3,(H,15,17). The molecular formula is C14H22N2O3. The van der Waals surface area contributed by atoms with Gasteiger partial charge in [-0.05, 0) is 44.4 Å². The predicted octanol–water partition coefficient (Wildman–Crippen LogP) is 0.540. The summed E-state index contributed by atoms with van der Waals surface area (Å²) in [6, 6.07) is 0. The molecule has 0 aromatic heterocycles. The van der Waals surface area contributed by atoms with Crippen LogP contribution in [0.25, 0.3) is 0 Å². The first-order chi connectivity index (χ1) is 9.09. The van der Waals surface area contributed by atoms with Gasteiger partial charge in [0, 0.05) is 13.2 Å². The Kier molecular flexibility index (Phi) is 3.25. The van der Waals surface area contributed by atoms with Crippen LogP contribution in [-0.4, -0.2) is 48.6 Å². The fourth-order valence-corrected chi connectivity index (χ4v) is 3.30. The third kappa shape index (κ3) is 2.48. The Hall–Kier alpha value is -1.10. The van der Waals surface area contributed by atoms with E-state index < -0.39 is 5.54 Å². The molecule has 1 aliphatic carbocycles. The van der Waals surface area contributed by atoms with Crippen molar-refractivity contribution < 1.29 is 14.3 Å². The molecule has 19 heavy (non-hydrogen) atoms. The Balaban J connectivity index is 1.69. The van der Waals surface area contributed by atoms with Crippen molar-refractivity contribution in [1.29, 1.82) is 0 Å². The summed E-state index contributed by atoms with van der Waals surface area (Å²) in [6.07, 6.45) is 4.23. The van der Waals surface area contributed by atoms with Crippen molar-refractivity contribution in [3.8, 4) is 0 Å². The first-order valence-corrected chi connectivity index (χ1v) is 7.28. The third-order valence-electron chi connectivity index (χ3n) is 4.59. The van der Waals surface area contributed by atoms with Crippen molar-refractivity contribution in [2.24, 2.45) is 11.8 Å². The van der Waals surface area contributed by atoms with Crippen molar-refractivity contribution in [3.63, 3.8) is 0 Å². The molecule has 2 heterocycles. The summed E-state index contributed by atoms with van der Waals surface area (Å²) in [5.41, 5.74) is -0.662. The number of piperazine rings is 1. The molecule has 5 heteroatoms. The predicted molar refractivity (Wildman–Crippen MR) is 69.4 cm³/mol. The van der Waals surface area contributed by atoms with Crippen LogP contribution in [0, 0.1) is 11.8 Å². The van der Waals surface area contributed by atoms with Gasteiger partial charge >= 0.3 is 0 Å². The van der Waals surface area contributed by atoms with E-state index >= 15 is 0 Å². The first-order valence-electron chi connectivity index (χ1n) is 7.28. The van der Waals surface area contributed by atoms with Gasteiger partial charge in [0.05, 0.1) is 13.2 Å². The zero-order valence-corrected chi connectivity index (χ0v) is 11.5. The average Bonchev–Trinajstić information content (AvgIpc) is 3.21. The van der Waals surface area contributed by atoms with Crippen LogP contribution in [0.4, 0.5) is 0 Å². The number of nitrogens with one attached hydrogen (secondary N) is 1. The summed E-state index contributed by atoms with van der Waals surface area (Å²) in [7, 11) is 0. The fourth-order valence-electron chi connectivity index (χ4n) is 3.30. The van der Waals surface area contributed by atoms with Gasteiger partial charge in [0.15, 0.2) is 0 Å². The summed E-state index contributed by atoms with van der Waals surface area (Å²) < 4.78 is 5.46. The Morgan fingerprint density at radius 3 is 2.79 bits per heavy atom. The number of nitrogens with zero attached hydrogens (tertiary/aromatic N) is 1. The van der Waals surface area contributed by atoms with E-state index in [1.54, 1.807) is 4.90 Å². The molecular weight excluding hydrogens is 244 g/mol. The van der Waals surface area contributed by atoms with Crippen molar-refractivity contribution in [2.45, 2.75) is 38.1 Å². The van der Waals surface area contributed by atoms with E-state index in [0.29, 0.717) is 25.0 Å². The van der Waals surface area contributed by atoms with Gasteiger partial charge in [0.2, 0.25) is 11.8 Å². The third-order valence-corrected chi connectivity index (χ3v) is 4.59. The lowest BCUT2D eigenvalue weighted by Gasteiger charge is -2.41. The smallest absolute Gasteiger partial charge is 0.248 e. The molecule has 1 saturated carbocycles. The van der Waals surface area contributed by atoms with E-state index in [1.165, 1.54) is 0 Å². The fraction of sp³-hybridized carbons (Fsp3) is 0.857. The molecule has 1 N–H and O–H groups in total. The van der Waals surface area contributed by atoms with Crippen molar-refractivity contribution in [3.05, 3.63) is 0 Å². The summed E-state index contributed by atoms with van der Waals surface area (Å²) in [6.45, 7) is 4.29. The molecule has 2 atom stereocenters. The lowest BCUT2D eigenvalue weighted by atomic mass is 9.90. The molecule has 2 aliphatic heterocycles. The second-order valence-electron chi connectivity index (χ2n) is 6.29. The van der Waals surface area contributed by atoms with Crippen LogP contribution in [0.1, 0.15) is 32.6 Å². The monoisotopic (exact) mass is 266 g/mol. The van der Waals surface area contributed by atoms with Gasteiger partial charge in [-0.3, -0.25) is 9.59 Å². The molecule has 0 aromatic rings. The van der Waals surface area contributed by atoms with Crippen LogP contribution in [0.2, 0.25) is 0 Å². The minimum absolute atomic E-state index is 0.0225. The molecule has 0 radical (unpaired) electrons. The van der Waals surface area contributed by atoms with Crippen LogP contribution in [0.3, 0.4) is 0 Å². The highest BCUT2D eigenvalue weighted by molar-refractivity contribution is 5.98. The van der Waals surface area contributed by atoms with E-state index in [4.69, 9.17) is 4.74 Å². The molecule has 0 spiro atoms. The van der Waals surface area contributed by atoms with Crippen molar-refractivity contribution in [1.82, 2.24) is 10.2 Å². The normalized spacial score (nSPS) is 36.3. The number of ether oxygens (including phenoxy) is 1. The van der Waals surface area contributed by atoms with Gasteiger partial charge in [-0.15, -0.1) is 0 Å². The molecule has 3 aliphatic rings. The van der Waals surface area contributed by atoms with Crippen molar-refractivity contribution in [2.75, 3.05) is 26.3 Å². The number of rotatable bonds is 3. The SMILES string of the molecule is CC1(C2CC2)NC(=O)CN(CC2CCCOC2)C1=O. The van der Waals surface area contributed by atoms with E-state index in [9.17, 15) is 9.59 Å². The summed E-state index contributed by atoms with van der Waals surface area (Å²) in [4.78, 5) is 26.2. The zero-order valence-electron chi connectivity index (χ0n) is 11.5. The Labute approximate surface area is 113 Å². The quantitative estimate of drug-likeness (QED) is 0.811. The first kappa shape index (κ1) is 12.9. The Morgan fingerprint density at radius 2 is 2.16 bits per heavy atom. The van der Waals surface area contributed by atoms with Gasteiger partial charge < -0.3 is 15.0 Å². The minimum atomic E-state index is -0.662. The molecule has 3 rings (SSSR count). The van der Waals surface area contributed by atoms with E-state index in [-0.39, 0.29) is 18.4 Å². The molecule has 5 nitrogen and oxygen atoms in total. The molecule has 3 fully saturated rings. The molecule has 2 saturated heterocycles. The topological polar surface area (TPSA) is 58.6 Å². The lowest BCUT2D eigenvalue weighted by molar-refractivity contribution is -0.151.